The minimum atomic E-state index is 0. The fourth-order valence-corrected chi connectivity index (χ4v) is 2.30. The molecule has 0 bridgehead atoms. The van der Waals surface area contributed by atoms with Gasteiger partial charge in [0.05, 0.1) is 0 Å². The summed E-state index contributed by atoms with van der Waals surface area (Å²) in [7, 11) is 0. The molecule has 0 saturated heterocycles. The minimum Gasteiger partial charge on any atom is -1.00 e. The summed E-state index contributed by atoms with van der Waals surface area (Å²) in [5.41, 5.74) is 2.51. The van der Waals surface area contributed by atoms with Gasteiger partial charge in [-0.3, -0.25) is 6.08 Å². The predicted octanol–water partition coefficient (Wildman–Crippen LogP) is -0.949. The summed E-state index contributed by atoms with van der Waals surface area (Å²) < 4.78 is 2.12. The Labute approximate surface area is 169 Å². The van der Waals surface area contributed by atoms with E-state index in [0.29, 0.717) is 0 Å². The summed E-state index contributed by atoms with van der Waals surface area (Å²) >= 11 is 0. The van der Waals surface area contributed by atoms with E-state index in [9.17, 15) is 0 Å². The van der Waals surface area contributed by atoms with Gasteiger partial charge in [0, 0.05) is 12.4 Å². The third-order valence-corrected chi connectivity index (χ3v) is 3.37. The van der Waals surface area contributed by atoms with Crippen LogP contribution in [0.5, 0.6) is 0 Å². The van der Waals surface area contributed by atoms with Gasteiger partial charge in [-0.15, -0.1) is 47.5 Å². The maximum absolute atomic E-state index is 3.12. The van der Waals surface area contributed by atoms with Crippen LogP contribution in [0.2, 0.25) is 0 Å². The van der Waals surface area contributed by atoms with Gasteiger partial charge in [0.25, 0.3) is 0 Å². The molecule has 1 aromatic heterocycles. The van der Waals surface area contributed by atoms with Crippen LogP contribution in [-0.2, 0) is 25.8 Å². The Morgan fingerprint density at radius 3 is 2.26 bits per heavy atom. The maximum Gasteiger partial charge on any atom is 4.00 e. The molecule has 23 heavy (non-hydrogen) atoms. The van der Waals surface area contributed by atoms with Crippen molar-refractivity contribution in [2.45, 2.75) is 13.3 Å². The number of rotatable bonds is 1. The Bertz CT molecular complexity index is 719. The van der Waals surface area contributed by atoms with E-state index in [4.69, 9.17) is 0 Å². The van der Waals surface area contributed by atoms with Crippen molar-refractivity contribution >= 4 is 10.8 Å². The summed E-state index contributed by atoms with van der Waals surface area (Å²) in [6.45, 7) is 2.06. The molecule has 0 saturated carbocycles. The van der Waals surface area contributed by atoms with E-state index in [0.717, 1.165) is 6.42 Å². The molecule has 0 amide bonds. The zero-order valence-electron chi connectivity index (χ0n) is 12.8. The van der Waals surface area contributed by atoms with Crippen LogP contribution in [0.4, 0.5) is 0 Å². The fourth-order valence-electron chi connectivity index (χ4n) is 2.30. The molecule has 1 aliphatic carbocycles. The van der Waals surface area contributed by atoms with E-state index in [1.54, 1.807) is 0 Å². The SMILES string of the molecule is CC1=[C-]CC=C1.[Cl-].[Cl-].[Hf+4].c1ccc2[cH-]c(-n3cccc3)cc2c1. The first kappa shape index (κ1) is 22.0. The van der Waals surface area contributed by atoms with Gasteiger partial charge in [-0.2, -0.15) is 6.08 Å². The van der Waals surface area contributed by atoms with Crippen molar-refractivity contribution in [2.24, 2.45) is 0 Å². The van der Waals surface area contributed by atoms with Crippen molar-refractivity contribution in [1.29, 1.82) is 0 Å². The monoisotopic (exact) mass is 509 g/mol. The molecule has 0 N–H and O–H groups in total. The molecule has 0 atom stereocenters. The van der Waals surface area contributed by atoms with Crippen LogP contribution in [0, 0.1) is 6.08 Å². The molecule has 0 aliphatic heterocycles. The summed E-state index contributed by atoms with van der Waals surface area (Å²) in [4.78, 5) is 0. The molecular formula is C19H17Cl2HfN. The average Bonchev–Trinajstić information content (AvgIpc) is 3.20. The molecule has 0 spiro atoms. The molecule has 1 nitrogen and oxygen atoms in total. The molecule has 4 rings (SSSR count). The van der Waals surface area contributed by atoms with Gasteiger partial charge in [0.1, 0.15) is 0 Å². The fraction of sp³-hybridized carbons (Fsp3) is 0.105. The van der Waals surface area contributed by atoms with Crippen molar-refractivity contribution in [1.82, 2.24) is 4.57 Å². The van der Waals surface area contributed by atoms with Crippen molar-refractivity contribution in [3.05, 3.63) is 84.7 Å². The van der Waals surface area contributed by atoms with Crippen LogP contribution in [0.3, 0.4) is 0 Å². The van der Waals surface area contributed by atoms with Crippen LogP contribution in [0.1, 0.15) is 13.3 Å². The van der Waals surface area contributed by atoms with E-state index in [-0.39, 0.29) is 50.7 Å². The maximum atomic E-state index is 3.12. The van der Waals surface area contributed by atoms with E-state index in [1.807, 2.05) is 12.1 Å². The van der Waals surface area contributed by atoms with Crippen LogP contribution < -0.4 is 24.8 Å². The van der Waals surface area contributed by atoms with Gasteiger partial charge in [0.2, 0.25) is 0 Å². The molecule has 0 unspecified atom stereocenters. The number of hydrogen-bond donors (Lipinski definition) is 0. The number of nitrogens with zero attached hydrogens (tertiary/aromatic N) is 1. The average molecular weight is 509 g/mol. The Balaban J connectivity index is 0.000000469. The largest absolute Gasteiger partial charge is 4.00 e. The summed E-state index contributed by atoms with van der Waals surface area (Å²) in [6.07, 6.45) is 12.5. The molecule has 3 aromatic rings. The minimum absolute atomic E-state index is 0. The second-order valence-electron chi connectivity index (χ2n) is 4.90. The van der Waals surface area contributed by atoms with E-state index < -0.39 is 0 Å². The predicted molar refractivity (Wildman–Crippen MR) is 85.1 cm³/mol. The molecule has 4 heteroatoms. The molecule has 116 valence electrons. The zero-order chi connectivity index (χ0) is 13.8. The second kappa shape index (κ2) is 10.7. The van der Waals surface area contributed by atoms with E-state index >= 15 is 0 Å². The zero-order valence-corrected chi connectivity index (χ0v) is 17.9. The van der Waals surface area contributed by atoms with Gasteiger partial charge in [0.15, 0.2) is 0 Å². The van der Waals surface area contributed by atoms with Crippen molar-refractivity contribution in [3.63, 3.8) is 0 Å². The van der Waals surface area contributed by atoms with E-state index in [2.05, 4.69) is 78.5 Å². The van der Waals surface area contributed by atoms with Crippen molar-refractivity contribution in [2.75, 3.05) is 0 Å². The molecule has 1 aliphatic rings. The first-order valence-electron chi connectivity index (χ1n) is 6.86. The van der Waals surface area contributed by atoms with Crippen LogP contribution in [0.25, 0.3) is 16.5 Å². The first-order valence-corrected chi connectivity index (χ1v) is 6.86. The third kappa shape index (κ3) is 5.87. The normalized spacial score (nSPS) is 11.4. The molecular weight excluding hydrogens is 492 g/mol. The Morgan fingerprint density at radius 1 is 1.04 bits per heavy atom. The van der Waals surface area contributed by atoms with Crippen molar-refractivity contribution < 1.29 is 50.7 Å². The second-order valence-corrected chi connectivity index (χ2v) is 4.90. The quantitative estimate of drug-likeness (QED) is 0.295. The van der Waals surface area contributed by atoms with Gasteiger partial charge in [-0.1, -0.05) is 13.0 Å². The number of aromatic nitrogens is 1. The van der Waals surface area contributed by atoms with Gasteiger partial charge in [-0.25, -0.2) is 11.6 Å². The molecule has 0 radical (unpaired) electrons. The van der Waals surface area contributed by atoms with E-state index in [1.165, 1.54) is 22.0 Å². The summed E-state index contributed by atoms with van der Waals surface area (Å²) in [5.74, 6) is 0. The Kier molecular flexibility index (Phi) is 10.3. The number of fused-ring (bicyclic) bond motifs is 1. The molecule has 2 aromatic carbocycles. The van der Waals surface area contributed by atoms with Gasteiger partial charge in [-0.05, 0) is 17.8 Å². The van der Waals surface area contributed by atoms with Crippen LogP contribution in [0.15, 0.2) is 78.6 Å². The van der Waals surface area contributed by atoms with Crippen LogP contribution in [-0.4, -0.2) is 4.57 Å². The molecule has 1 heterocycles. The smallest absolute Gasteiger partial charge is 1.00 e. The van der Waals surface area contributed by atoms with Gasteiger partial charge >= 0.3 is 25.8 Å². The number of allylic oxidation sites excluding steroid dienone is 4. The summed E-state index contributed by atoms with van der Waals surface area (Å²) in [5, 5.41) is 2.60. The van der Waals surface area contributed by atoms with Gasteiger partial charge < -0.3 is 29.4 Å². The van der Waals surface area contributed by atoms with Crippen LogP contribution >= 0.6 is 0 Å². The third-order valence-electron chi connectivity index (χ3n) is 3.37. The summed E-state index contributed by atoms with van der Waals surface area (Å²) in [6, 6.07) is 16.9. The first-order chi connectivity index (χ1) is 9.83. The Morgan fingerprint density at radius 2 is 1.74 bits per heavy atom. The number of halogens is 2. The number of benzene rings is 1. The Hall–Kier alpha value is -0.960. The van der Waals surface area contributed by atoms with Crippen molar-refractivity contribution in [3.8, 4) is 5.69 Å². The standard InChI is InChI=1S/C13H10N.C6H7.2ClH.Hf/c1-2-6-12-10-13(9-11(12)5-1)14-7-3-4-8-14;1-6-4-2-3-5-6;;;/h1-10H;2,4H,3H2,1H3;2*1H;/q2*-1;;;+4/p-2. The molecule has 0 fully saturated rings. The number of hydrogen-bond acceptors (Lipinski definition) is 0. The topological polar surface area (TPSA) is 4.93 Å².